The molecule has 2 rings (SSSR count). The smallest absolute Gasteiger partial charge is 0.266 e. The van der Waals surface area contributed by atoms with Gasteiger partial charge in [-0.3, -0.25) is 14.2 Å². The number of amides is 1. The molecular formula is C12H12Cl2N4O3S. The van der Waals surface area contributed by atoms with E-state index in [-0.39, 0.29) is 32.0 Å². The molecule has 0 atom stereocenters. The van der Waals surface area contributed by atoms with Crippen LogP contribution in [0.4, 0.5) is 5.69 Å². The summed E-state index contributed by atoms with van der Waals surface area (Å²) in [6, 6.07) is 4.02. The summed E-state index contributed by atoms with van der Waals surface area (Å²) in [6.07, 6.45) is 0. The molecule has 7 nitrogen and oxygen atoms in total. The number of hydrogen-bond acceptors (Lipinski definition) is 4. The van der Waals surface area contributed by atoms with Crippen molar-refractivity contribution in [3.8, 4) is 0 Å². The molecule has 0 aliphatic carbocycles. The Balaban J connectivity index is 2.49. The SMILES string of the molecule is Cc1nn(C)c(Cl)c1S(=O)(=O)Nc1cc(C(N)=O)ccc1Cl. The van der Waals surface area contributed by atoms with Crippen molar-refractivity contribution in [1.29, 1.82) is 0 Å². The van der Waals surface area contributed by atoms with Crippen LogP contribution in [0.1, 0.15) is 16.1 Å². The van der Waals surface area contributed by atoms with E-state index in [2.05, 4.69) is 9.82 Å². The van der Waals surface area contributed by atoms with Crippen molar-refractivity contribution in [1.82, 2.24) is 9.78 Å². The largest absolute Gasteiger partial charge is 0.366 e. The second kappa shape index (κ2) is 5.79. The number of anilines is 1. The van der Waals surface area contributed by atoms with E-state index in [0.29, 0.717) is 0 Å². The third-order valence-corrected chi connectivity index (χ3v) is 5.25. The Morgan fingerprint density at radius 2 is 2.00 bits per heavy atom. The number of halogens is 2. The van der Waals surface area contributed by atoms with Gasteiger partial charge in [-0.05, 0) is 25.1 Å². The van der Waals surface area contributed by atoms with Gasteiger partial charge in [0.15, 0.2) is 0 Å². The fourth-order valence-corrected chi connectivity index (χ4v) is 3.91. The molecule has 3 N–H and O–H groups in total. The van der Waals surface area contributed by atoms with Crippen LogP contribution in [0.3, 0.4) is 0 Å². The lowest BCUT2D eigenvalue weighted by Crippen LogP contribution is -2.16. The Kier molecular flexibility index (Phi) is 4.37. The normalized spacial score (nSPS) is 11.5. The molecular weight excluding hydrogens is 351 g/mol. The van der Waals surface area contributed by atoms with Gasteiger partial charge in [-0.2, -0.15) is 5.10 Å². The molecule has 118 valence electrons. The molecule has 1 heterocycles. The van der Waals surface area contributed by atoms with Crippen LogP contribution in [0.25, 0.3) is 0 Å². The number of carbonyl (C=O) groups is 1. The second-order valence-corrected chi connectivity index (χ2v) is 6.88. The molecule has 1 aromatic heterocycles. The maximum atomic E-state index is 12.5. The first-order valence-electron chi connectivity index (χ1n) is 5.94. The Labute approximate surface area is 137 Å². The topological polar surface area (TPSA) is 107 Å². The monoisotopic (exact) mass is 362 g/mol. The van der Waals surface area contributed by atoms with Gasteiger partial charge in [-0.1, -0.05) is 23.2 Å². The van der Waals surface area contributed by atoms with Crippen LogP contribution in [-0.2, 0) is 17.1 Å². The van der Waals surface area contributed by atoms with Crippen molar-refractivity contribution >= 4 is 44.8 Å². The number of hydrogen-bond donors (Lipinski definition) is 2. The Morgan fingerprint density at radius 3 is 2.50 bits per heavy atom. The Hall–Kier alpha value is -1.77. The Morgan fingerprint density at radius 1 is 1.36 bits per heavy atom. The molecule has 22 heavy (non-hydrogen) atoms. The first-order valence-corrected chi connectivity index (χ1v) is 8.18. The van der Waals surface area contributed by atoms with E-state index in [1.54, 1.807) is 0 Å². The van der Waals surface area contributed by atoms with Crippen LogP contribution in [0.5, 0.6) is 0 Å². The van der Waals surface area contributed by atoms with E-state index < -0.39 is 15.9 Å². The fraction of sp³-hybridized carbons (Fsp3) is 0.167. The molecule has 10 heteroatoms. The van der Waals surface area contributed by atoms with E-state index in [9.17, 15) is 13.2 Å². The van der Waals surface area contributed by atoms with E-state index in [1.807, 2.05) is 0 Å². The minimum Gasteiger partial charge on any atom is -0.366 e. The molecule has 0 saturated carbocycles. The van der Waals surface area contributed by atoms with Gasteiger partial charge in [0, 0.05) is 12.6 Å². The van der Waals surface area contributed by atoms with Gasteiger partial charge < -0.3 is 5.73 Å². The molecule has 2 aromatic rings. The highest BCUT2D eigenvalue weighted by atomic mass is 35.5. The second-order valence-electron chi connectivity index (χ2n) is 4.49. The van der Waals surface area contributed by atoms with Gasteiger partial charge in [0.2, 0.25) is 5.91 Å². The molecule has 0 bridgehead atoms. The first-order chi connectivity index (χ1) is 10.1. The number of nitrogens with two attached hydrogens (primary N) is 1. The van der Waals surface area contributed by atoms with Crippen molar-refractivity contribution < 1.29 is 13.2 Å². The van der Waals surface area contributed by atoms with Crippen LogP contribution < -0.4 is 10.5 Å². The lowest BCUT2D eigenvalue weighted by atomic mass is 10.2. The van der Waals surface area contributed by atoms with Crippen molar-refractivity contribution in [2.75, 3.05) is 4.72 Å². The molecule has 0 saturated heterocycles. The number of nitrogens with zero attached hydrogens (tertiary/aromatic N) is 2. The predicted molar refractivity (Wildman–Crippen MR) is 83.7 cm³/mol. The molecule has 1 aromatic carbocycles. The summed E-state index contributed by atoms with van der Waals surface area (Å²) < 4.78 is 28.5. The quantitative estimate of drug-likeness (QED) is 0.865. The van der Waals surface area contributed by atoms with Crippen LogP contribution in [-0.4, -0.2) is 24.1 Å². The summed E-state index contributed by atoms with van der Waals surface area (Å²) in [4.78, 5) is 11.0. The van der Waals surface area contributed by atoms with Gasteiger partial charge in [-0.15, -0.1) is 0 Å². The zero-order valence-electron chi connectivity index (χ0n) is 11.6. The summed E-state index contributed by atoms with van der Waals surface area (Å²) in [5, 5.41) is 4.03. The lowest BCUT2D eigenvalue weighted by molar-refractivity contribution is 0.100. The fourth-order valence-electron chi connectivity index (χ4n) is 1.87. The number of rotatable bonds is 4. The number of benzene rings is 1. The number of carbonyl (C=O) groups excluding carboxylic acids is 1. The van der Waals surface area contributed by atoms with Crippen LogP contribution in [0, 0.1) is 6.92 Å². The maximum Gasteiger partial charge on any atom is 0.266 e. The summed E-state index contributed by atoms with van der Waals surface area (Å²) >= 11 is 11.9. The number of nitrogens with one attached hydrogen (secondary N) is 1. The van der Waals surface area contributed by atoms with Gasteiger partial charge >= 0.3 is 0 Å². The molecule has 0 aliphatic heterocycles. The van der Waals surface area contributed by atoms with Gasteiger partial charge in [0.25, 0.3) is 10.0 Å². The minimum atomic E-state index is -4.02. The van der Waals surface area contributed by atoms with E-state index in [1.165, 1.54) is 36.9 Å². The molecule has 0 aliphatic rings. The van der Waals surface area contributed by atoms with Crippen LogP contribution in [0.2, 0.25) is 10.2 Å². The number of sulfonamides is 1. The highest BCUT2D eigenvalue weighted by molar-refractivity contribution is 7.92. The number of aryl methyl sites for hydroxylation is 2. The van der Waals surface area contributed by atoms with Crippen LogP contribution >= 0.6 is 23.2 Å². The average Bonchev–Trinajstić information content (AvgIpc) is 2.65. The number of aromatic nitrogens is 2. The molecule has 1 amide bonds. The average molecular weight is 363 g/mol. The predicted octanol–water partition coefficient (Wildman–Crippen LogP) is 1.94. The van der Waals surface area contributed by atoms with Crippen molar-refractivity contribution in [2.24, 2.45) is 12.8 Å². The first kappa shape index (κ1) is 16.6. The summed E-state index contributed by atoms with van der Waals surface area (Å²) in [5.74, 6) is -0.701. The van der Waals surface area contributed by atoms with Crippen LogP contribution in [0.15, 0.2) is 23.1 Å². The number of primary amides is 1. The minimum absolute atomic E-state index is 0.0253. The lowest BCUT2D eigenvalue weighted by Gasteiger charge is -2.10. The van der Waals surface area contributed by atoms with Crippen molar-refractivity contribution in [3.05, 3.63) is 39.6 Å². The van der Waals surface area contributed by atoms with Gasteiger partial charge in [-0.25, -0.2) is 8.42 Å². The van der Waals surface area contributed by atoms with Crippen molar-refractivity contribution in [3.63, 3.8) is 0 Å². The zero-order chi connectivity index (χ0) is 16.7. The van der Waals surface area contributed by atoms with E-state index >= 15 is 0 Å². The van der Waals surface area contributed by atoms with E-state index in [4.69, 9.17) is 28.9 Å². The molecule has 0 spiro atoms. The molecule has 0 radical (unpaired) electrons. The maximum absolute atomic E-state index is 12.5. The van der Waals surface area contributed by atoms with Gasteiger partial charge in [0.05, 0.1) is 16.4 Å². The third kappa shape index (κ3) is 3.03. The highest BCUT2D eigenvalue weighted by Gasteiger charge is 2.26. The van der Waals surface area contributed by atoms with Gasteiger partial charge in [0.1, 0.15) is 10.0 Å². The summed E-state index contributed by atoms with van der Waals surface area (Å²) in [5.41, 5.74) is 5.55. The third-order valence-electron chi connectivity index (χ3n) is 2.86. The Bertz CT molecular complexity index is 861. The standard InChI is InChI=1S/C12H12Cl2N4O3S/c1-6-10(11(14)18(2)16-6)22(20,21)17-9-5-7(12(15)19)3-4-8(9)13/h3-5,17H,1-2H3,(H2,15,19). The molecule has 0 fully saturated rings. The van der Waals surface area contributed by atoms with Crippen molar-refractivity contribution in [2.45, 2.75) is 11.8 Å². The van der Waals surface area contributed by atoms with E-state index in [0.717, 1.165) is 0 Å². The highest BCUT2D eigenvalue weighted by Crippen LogP contribution is 2.29. The summed E-state index contributed by atoms with van der Waals surface area (Å²) in [6.45, 7) is 1.52. The summed E-state index contributed by atoms with van der Waals surface area (Å²) in [7, 11) is -2.50. The zero-order valence-corrected chi connectivity index (χ0v) is 13.9. The molecule has 0 unspecified atom stereocenters.